The first kappa shape index (κ1) is 30.0. The molecule has 3 N–H and O–H groups in total. The number of benzene rings is 2. The number of nitrogen functional groups attached to an aromatic ring is 1. The van der Waals surface area contributed by atoms with Gasteiger partial charge in [0.05, 0.1) is 38.8 Å². The summed E-state index contributed by atoms with van der Waals surface area (Å²) in [6.45, 7) is 3.86. The number of rotatable bonds is 12. The molecule has 2 aromatic carbocycles. The first-order valence-corrected chi connectivity index (χ1v) is 15.6. The molecule has 0 unspecified atom stereocenters. The first-order chi connectivity index (χ1) is 21.2. The van der Waals surface area contributed by atoms with Crippen LogP contribution in [-0.2, 0) is 49.4 Å². The third-order valence-electron chi connectivity index (χ3n) is 7.06. The molecule has 44 heavy (non-hydrogen) atoms. The Morgan fingerprint density at radius 3 is 2.32 bits per heavy atom. The number of hydrogen-bond acceptors (Lipinski definition) is 12. The van der Waals surface area contributed by atoms with Gasteiger partial charge in [-0.15, -0.1) is 5.10 Å². The summed E-state index contributed by atoms with van der Waals surface area (Å²) >= 11 is 0. The van der Waals surface area contributed by atoms with Crippen molar-refractivity contribution in [1.29, 1.82) is 0 Å². The van der Waals surface area contributed by atoms with Crippen molar-refractivity contribution in [3.63, 3.8) is 0 Å². The van der Waals surface area contributed by atoms with Crippen LogP contribution in [0.2, 0.25) is 0 Å². The van der Waals surface area contributed by atoms with Crippen molar-refractivity contribution < 1.29 is 28.2 Å². The van der Waals surface area contributed by atoms with Crippen LogP contribution in [0, 0.1) is 0 Å². The molecular formula is C29H33N8O6P. The van der Waals surface area contributed by atoms with Crippen molar-refractivity contribution in [2.24, 2.45) is 0 Å². The van der Waals surface area contributed by atoms with E-state index in [1.54, 1.807) is 35.6 Å². The lowest BCUT2D eigenvalue weighted by Gasteiger charge is -2.29. The van der Waals surface area contributed by atoms with Gasteiger partial charge in [0.25, 0.3) is 0 Å². The third kappa shape index (κ3) is 6.70. The highest BCUT2D eigenvalue weighted by Gasteiger charge is 2.52. The van der Waals surface area contributed by atoms with Gasteiger partial charge < -0.3 is 33.9 Å². The molecular weight excluding hydrogens is 587 g/mol. The maximum absolute atomic E-state index is 14.3. The molecule has 1 aliphatic rings. The number of aliphatic hydroxyl groups excluding tert-OH is 1. The molecule has 3 aromatic heterocycles. The topological polar surface area (TPSA) is 175 Å². The van der Waals surface area contributed by atoms with Gasteiger partial charge in [0.2, 0.25) is 0 Å². The molecule has 14 nitrogen and oxygen atoms in total. The molecule has 230 valence electrons. The van der Waals surface area contributed by atoms with Gasteiger partial charge in [0.15, 0.2) is 23.1 Å². The largest absolute Gasteiger partial charge is 0.382 e. The van der Waals surface area contributed by atoms with Crippen molar-refractivity contribution in [1.82, 2.24) is 34.5 Å². The molecule has 0 saturated carbocycles. The first-order valence-electron chi connectivity index (χ1n) is 14.0. The van der Waals surface area contributed by atoms with E-state index in [4.69, 9.17) is 24.3 Å². The minimum Gasteiger partial charge on any atom is -0.382 e. The van der Waals surface area contributed by atoms with E-state index in [9.17, 15) is 9.67 Å². The van der Waals surface area contributed by atoms with Crippen LogP contribution in [0.15, 0.2) is 79.5 Å². The van der Waals surface area contributed by atoms with Crippen LogP contribution in [0.3, 0.4) is 0 Å². The Kier molecular flexibility index (Phi) is 8.54. The molecule has 1 aliphatic heterocycles. The number of imidazole rings is 1. The lowest BCUT2D eigenvalue weighted by atomic mass is 10.2. The SMILES string of the molecule is CC1(C)O[C@@H]([C@@H](O)P(=O)(OCc2ccccc2)OCc2ccccc2)[C@@H](Cn2cc(Cn3cnc4c(N)ncnc43)nn2)O1. The number of anilines is 1. The summed E-state index contributed by atoms with van der Waals surface area (Å²) in [5.74, 6) is -2.45. The highest BCUT2D eigenvalue weighted by Crippen LogP contribution is 2.56. The Balaban J connectivity index is 1.20. The van der Waals surface area contributed by atoms with Crippen molar-refractivity contribution in [3.05, 3.63) is 96.3 Å². The molecule has 5 aromatic rings. The second kappa shape index (κ2) is 12.5. The molecule has 1 fully saturated rings. The molecule has 0 radical (unpaired) electrons. The number of nitrogens with two attached hydrogens (primary N) is 1. The van der Waals surface area contributed by atoms with E-state index in [0.29, 0.717) is 29.2 Å². The van der Waals surface area contributed by atoms with Crippen LogP contribution in [0.25, 0.3) is 11.2 Å². The molecule has 6 rings (SSSR count). The summed E-state index contributed by atoms with van der Waals surface area (Å²) in [4.78, 5) is 12.5. The zero-order valence-electron chi connectivity index (χ0n) is 24.2. The van der Waals surface area contributed by atoms with Crippen LogP contribution in [0.4, 0.5) is 5.82 Å². The third-order valence-corrected chi connectivity index (χ3v) is 8.98. The number of ether oxygens (including phenoxy) is 2. The summed E-state index contributed by atoms with van der Waals surface area (Å²) in [5.41, 5.74) is 9.16. The normalized spacial score (nSPS) is 19.0. The predicted molar refractivity (Wildman–Crippen MR) is 159 cm³/mol. The van der Waals surface area contributed by atoms with Crippen molar-refractivity contribution in [2.75, 3.05) is 5.73 Å². The second-order valence-corrected chi connectivity index (χ2v) is 13.0. The van der Waals surface area contributed by atoms with E-state index < -0.39 is 31.4 Å². The fraction of sp³-hybridized carbons (Fsp3) is 0.345. The molecule has 0 spiro atoms. The van der Waals surface area contributed by atoms with Crippen molar-refractivity contribution in [3.8, 4) is 0 Å². The monoisotopic (exact) mass is 620 g/mol. The lowest BCUT2D eigenvalue weighted by molar-refractivity contribution is -0.152. The summed E-state index contributed by atoms with van der Waals surface area (Å²) in [7, 11) is -4.18. The average Bonchev–Trinajstić information content (AvgIpc) is 3.73. The Morgan fingerprint density at radius 2 is 1.66 bits per heavy atom. The van der Waals surface area contributed by atoms with Gasteiger partial charge >= 0.3 is 7.60 Å². The fourth-order valence-electron chi connectivity index (χ4n) is 4.98. The highest BCUT2D eigenvalue weighted by molar-refractivity contribution is 7.54. The van der Waals surface area contributed by atoms with Crippen LogP contribution in [0.1, 0.15) is 30.7 Å². The minimum atomic E-state index is -4.18. The van der Waals surface area contributed by atoms with Crippen LogP contribution >= 0.6 is 7.60 Å². The standard InChI is InChI=1S/C29H33N8O6P/c1-29(2)42-23(15-37-14-22(34-35-37)13-36-19-33-24-26(30)31-18-32-27(24)36)25(43-29)28(38)44(39,40-16-20-9-5-3-6-10-20)41-17-21-11-7-4-8-12-21/h3-12,14,18-19,23,25,28,38H,13,15-17H2,1-2H3,(H2,30,31,32)/t23-,25-,28+/m1/s1. The van der Waals surface area contributed by atoms with Gasteiger partial charge in [-0.2, -0.15) is 0 Å². The van der Waals surface area contributed by atoms with Gasteiger partial charge in [-0.1, -0.05) is 65.9 Å². The molecule has 15 heteroatoms. The highest BCUT2D eigenvalue weighted by atomic mass is 31.2. The summed E-state index contributed by atoms with van der Waals surface area (Å²) in [6, 6.07) is 18.5. The molecule has 0 aliphatic carbocycles. The number of aliphatic hydroxyl groups is 1. The summed E-state index contributed by atoms with van der Waals surface area (Å²) < 4.78 is 41.6. The lowest BCUT2D eigenvalue weighted by Crippen LogP contribution is -2.38. The zero-order chi connectivity index (χ0) is 30.7. The smallest absolute Gasteiger partial charge is 0.362 e. The molecule has 3 atom stereocenters. The van der Waals surface area contributed by atoms with E-state index in [-0.39, 0.29) is 19.8 Å². The van der Waals surface area contributed by atoms with Crippen LogP contribution in [-0.4, -0.2) is 63.5 Å². The summed E-state index contributed by atoms with van der Waals surface area (Å²) in [5, 5.41) is 20.1. The van der Waals surface area contributed by atoms with E-state index in [1.807, 2.05) is 60.7 Å². The zero-order valence-corrected chi connectivity index (χ0v) is 25.1. The maximum atomic E-state index is 14.3. The van der Waals surface area contributed by atoms with Gasteiger partial charge in [0, 0.05) is 0 Å². The molecule has 0 bridgehead atoms. The molecule has 0 amide bonds. The van der Waals surface area contributed by atoms with E-state index in [2.05, 4.69) is 25.3 Å². The quantitative estimate of drug-likeness (QED) is 0.195. The number of nitrogens with zero attached hydrogens (tertiary/aromatic N) is 7. The van der Waals surface area contributed by atoms with Crippen LogP contribution in [0.5, 0.6) is 0 Å². The minimum absolute atomic E-state index is 0.0302. The fourth-order valence-corrected chi connectivity index (χ4v) is 6.63. The molecule has 4 heterocycles. The Labute approximate surface area is 253 Å². The van der Waals surface area contributed by atoms with Gasteiger partial charge in [-0.05, 0) is 25.0 Å². The molecule has 1 saturated heterocycles. The average molecular weight is 621 g/mol. The Morgan fingerprint density at radius 1 is 1.00 bits per heavy atom. The number of hydrogen-bond donors (Lipinski definition) is 2. The Hall–Kier alpha value is -4.04. The predicted octanol–water partition coefficient (Wildman–Crippen LogP) is 3.51. The van der Waals surface area contributed by atoms with Crippen molar-refractivity contribution in [2.45, 2.75) is 64.0 Å². The second-order valence-electron chi connectivity index (χ2n) is 10.8. The van der Waals surface area contributed by atoms with E-state index in [0.717, 1.165) is 11.1 Å². The van der Waals surface area contributed by atoms with Gasteiger partial charge in [-0.3, -0.25) is 4.57 Å². The van der Waals surface area contributed by atoms with E-state index in [1.165, 1.54) is 6.33 Å². The van der Waals surface area contributed by atoms with Gasteiger partial charge in [-0.25, -0.2) is 19.6 Å². The number of aromatic nitrogens is 7. The van der Waals surface area contributed by atoms with Crippen LogP contribution < -0.4 is 5.73 Å². The number of fused-ring (bicyclic) bond motifs is 1. The Bertz CT molecular complexity index is 1700. The maximum Gasteiger partial charge on any atom is 0.362 e. The van der Waals surface area contributed by atoms with Crippen molar-refractivity contribution >= 4 is 24.6 Å². The summed E-state index contributed by atoms with van der Waals surface area (Å²) in [6.07, 6.45) is 2.91. The van der Waals surface area contributed by atoms with Gasteiger partial charge in [0.1, 0.15) is 29.7 Å². The van der Waals surface area contributed by atoms with E-state index >= 15 is 0 Å².